The number of amides is 2. The fourth-order valence-corrected chi connectivity index (χ4v) is 2.90. The Labute approximate surface area is 132 Å². The summed E-state index contributed by atoms with van der Waals surface area (Å²) in [6.07, 6.45) is 6.28. The van der Waals surface area contributed by atoms with Gasteiger partial charge in [0.15, 0.2) is 0 Å². The third-order valence-electron chi connectivity index (χ3n) is 4.60. The van der Waals surface area contributed by atoms with Crippen molar-refractivity contribution in [3.8, 4) is 0 Å². The molecular formula is C17H27N3O2. The van der Waals surface area contributed by atoms with Crippen LogP contribution in [0.4, 0.5) is 4.79 Å². The van der Waals surface area contributed by atoms with Crippen molar-refractivity contribution in [2.24, 2.45) is 5.41 Å². The first-order valence-electron chi connectivity index (χ1n) is 8.11. The number of aliphatic hydroxyl groups is 1. The lowest BCUT2D eigenvalue weighted by molar-refractivity contribution is 0.00310. The first-order chi connectivity index (χ1) is 10.5. The number of carbonyl (C=O) groups is 1. The molecule has 1 aromatic rings. The molecule has 2 rings (SSSR count). The fraction of sp³-hybridized carbons (Fsp3) is 0.647. The maximum absolute atomic E-state index is 11.9. The minimum absolute atomic E-state index is 0.168. The van der Waals surface area contributed by atoms with Crippen LogP contribution in [0.3, 0.4) is 0 Å². The summed E-state index contributed by atoms with van der Waals surface area (Å²) in [6, 6.07) is 3.83. The predicted molar refractivity (Wildman–Crippen MR) is 86.7 cm³/mol. The van der Waals surface area contributed by atoms with Crippen molar-refractivity contribution in [2.75, 3.05) is 13.1 Å². The summed E-state index contributed by atoms with van der Waals surface area (Å²) in [4.78, 5) is 16.1. The van der Waals surface area contributed by atoms with Gasteiger partial charge >= 0.3 is 6.03 Å². The molecular weight excluding hydrogens is 278 g/mol. The van der Waals surface area contributed by atoms with Crippen molar-refractivity contribution in [3.63, 3.8) is 0 Å². The van der Waals surface area contributed by atoms with Gasteiger partial charge in [-0.1, -0.05) is 25.8 Å². The smallest absolute Gasteiger partial charge is 0.314 e. The van der Waals surface area contributed by atoms with Crippen LogP contribution in [0.15, 0.2) is 18.3 Å². The zero-order valence-electron chi connectivity index (χ0n) is 13.6. The van der Waals surface area contributed by atoms with E-state index in [9.17, 15) is 9.90 Å². The van der Waals surface area contributed by atoms with E-state index in [0.29, 0.717) is 13.1 Å². The van der Waals surface area contributed by atoms with Crippen molar-refractivity contribution < 1.29 is 9.90 Å². The fourth-order valence-electron chi connectivity index (χ4n) is 2.90. The van der Waals surface area contributed by atoms with Crippen molar-refractivity contribution in [2.45, 2.75) is 52.1 Å². The monoisotopic (exact) mass is 305 g/mol. The molecule has 1 saturated carbocycles. The van der Waals surface area contributed by atoms with E-state index in [1.807, 2.05) is 25.3 Å². The number of hydrogen-bond acceptors (Lipinski definition) is 3. The number of nitrogens with zero attached hydrogens (tertiary/aromatic N) is 1. The third kappa shape index (κ3) is 4.70. The molecule has 0 saturated heterocycles. The number of pyridine rings is 1. The highest BCUT2D eigenvalue weighted by Crippen LogP contribution is 2.35. The van der Waals surface area contributed by atoms with Gasteiger partial charge in [-0.25, -0.2) is 4.79 Å². The van der Waals surface area contributed by atoms with Crippen LogP contribution in [0.1, 0.15) is 43.9 Å². The van der Waals surface area contributed by atoms with Crippen LogP contribution in [0.2, 0.25) is 0 Å². The van der Waals surface area contributed by atoms with Gasteiger partial charge in [-0.3, -0.25) is 4.98 Å². The molecule has 1 aromatic heterocycles. The molecule has 1 heterocycles. The summed E-state index contributed by atoms with van der Waals surface area (Å²) in [6.45, 7) is 5.10. The quantitative estimate of drug-likeness (QED) is 0.780. The van der Waals surface area contributed by atoms with E-state index in [2.05, 4.69) is 22.5 Å². The molecule has 0 radical (unpaired) electrons. The number of carbonyl (C=O) groups excluding carboxylic acids is 1. The third-order valence-corrected chi connectivity index (χ3v) is 4.60. The van der Waals surface area contributed by atoms with Crippen LogP contribution >= 0.6 is 0 Å². The molecule has 2 unspecified atom stereocenters. The van der Waals surface area contributed by atoms with Crippen molar-refractivity contribution in [3.05, 3.63) is 29.6 Å². The SMILES string of the molecule is Cc1ccc(CCNC(=O)NCC2(C)CCCCC2O)cn1. The summed E-state index contributed by atoms with van der Waals surface area (Å²) in [5.41, 5.74) is 1.91. The topological polar surface area (TPSA) is 74.2 Å². The molecule has 5 nitrogen and oxygen atoms in total. The van der Waals surface area contributed by atoms with Crippen LogP contribution in [-0.4, -0.2) is 35.3 Å². The van der Waals surface area contributed by atoms with E-state index in [1.54, 1.807) is 0 Å². The highest BCUT2D eigenvalue weighted by molar-refractivity contribution is 5.73. The highest BCUT2D eigenvalue weighted by atomic mass is 16.3. The van der Waals surface area contributed by atoms with Crippen LogP contribution in [-0.2, 0) is 6.42 Å². The molecule has 1 fully saturated rings. The Morgan fingerprint density at radius 3 is 2.91 bits per heavy atom. The summed E-state index contributed by atoms with van der Waals surface area (Å²) in [5.74, 6) is 0. The lowest BCUT2D eigenvalue weighted by Crippen LogP contribution is -2.47. The second-order valence-electron chi connectivity index (χ2n) is 6.58. The normalized spacial score (nSPS) is 24.8. The number of aromatic nitrogens is 1. The first kappa shape index (κ1) is 16.7. The van der Waals surface area contributed by atoms with Gasteiger partial charge in [0.2, 0.25) is 0 Å². The minimum atomic E-state index is -0.319. The van der Waals surface area contributed by atoms with E-state index in [-0.39, 0.29) is 17.6 Å². The minimum Gasteiger partial charge on any atom is -0.392 e. The van der Waals surface area contributed by atoms with E-state index in [1.165, 1.54) is 0 Å². The van der Waals surface area contributed by atoms with Gasteiger partial charge in [-0.2, -0.15) is 0 Å². The lowest BCUT2D eigenvalue weighted by Gasteiger charge is -2.38. The van der Waals surface area contributed by atoms with E-state index >= 15 is 0 Å². The summed E-state index contributed by atoms with van der Waals surface area (Å²) in [7, 11) is 0. The summed E-state index contributed by atoms with van der Waals surface area (Å²) < 4.78 is 0. The largest absolute Gasteiger partial charge is 0.392 e. The van der Waals surface area contributed by atoms with Gasteiger partial charge in [0.25, 0.3) is 0 Å². The predicted octanol–water partition coefficient (Wildman–Crippen LogP) is 2.17. The Hall–Kier alpha value is -1.62. The number of rotatable bonds is 5. The van der Waals surface area contributed by atoms with E-state index in [0.717, 1.165) is 43.4 Å². The average molecular weight is 305 g/mol. The van der Waals surface area contributed by atoms with Gasteiger partial charge in [0, 0.05) is 30.4 Å². The van der Waals surface area contributed by atoms with E-state index < -0.39 is 0 Å². The molecule has 2 atom stereocenters. The molecule has 0 aromatic carbocycles. The Morgan fingerprint density at radius 2 is 2.23 bits per heavy atom. The molecule has 0 aliphatic heterocycles. The number of aliphatic hydroxyl groups excluding tert-OH is 1. The zero-order valence-corrected chi connectivity index (χ0v) is 13.6. The van der Waals surface area contributed by atoms with Gasteiger partial charge < -0.3 is 15.7 Å². The van der Waals surface area contributed by atoms with Gasteiger partial charge in [-0.05, 0) is 37.8 Å². The lowest BCUT2D eigenvalue weighted by atomic mass is 9.73. The van der Waals surface area contributed by atoms with Crippen LogP contribution < -0.4 is 10.6 Å². The van der Waals surface area contributed by atoms with Gasteiger partial charge in [0.05, 0.1) is 6.10 Å². The van der Waals surface area contributed by atoms with Crippen LogP contribution in [0.25, 0.3) is 0 Å². The van der Waals surface area contributed by atoms with Crippen molar-refractivity contribution in [1.29, 1.82) is 0 Å². The second kappa shape index (κ2) is 7.58. The van der Waals surface area contributed by atoms with Crippen LogP contribution in [0.5, 0.6) is 0 Å². The molecule has 5 heteroatoms. The number of aryl methyl sites for hydroxylation is 1. The molecule has 1 aliphatic rings. The molecule has 122 valence electrons. The Morgan fingerprint density at radius 1 is 1.41 bits per heavy atom. The Kier molecular flexibility index (Phi) is 5.77. The molecule has 3 N–H and O–H groups in total. The first-order valence-corrected chi connectivity index (χ1v) is 8.11. The van der Waals surface area contributed by atoms with Crippen molar-refractivity contribution in [1.82, 2.24) is 15.6 Å². The van der Waals surface area contributed by atoms with Crippen molar-refractivity contribution >= 4 is 6.03 Å². The van der Waals surface area contributed by atoms with Gasteiger partial charge in [-0.15, -0.1) is 0 Å². The zero-order chi connectivity index (χ0) is 16.0. The molecule has 0 spiro atoms. The molecule has 0 bridgehead atoms. The number of nitrogens with one attached hydrogen (secondary N) is 2. The Balaban J connectivity index is 1.68. The number of urea groups is 1. The maximum Gasteiger partial charge on any atom is 0.314 e. The average Bonchev–Trinajstić information content (AvgIpc) is 2.51. The Bertz CT molecular complexity index is 489. The molecule has 1 aliphatic carbocycles. The maximum atomic E-state index is 11.9. The number of hydrogen-bond donors (Lipinski definition) is 3. The van der Waals surface area contributed by atoms with E-state index in [4.69, 9.17) is 0 Å². The summed E-state index contributed by atoms with van der Waals surface area (Å²) >= 11 is 0. The molecule has 22 heavy (non-hydrogen) atoms. The second-order valence-corrected chi connectivity index (χ2v) is 6.58. The van der Waals surface area contributed by atoms with Gasteiger partial charge in [0.1, 0.15) is 0 Å². The summed E-state index contributed by atoms with van der Waals surface area (Å²) in [5, 5.41) is 15.9. The molecule has 2 amide bonds. The van der Waals surface area contributed by atoms with Crippen LogP contribution in [0, 0.1) is 12.3 Å². The highest BCUT2D eigenvalue weighted by Gasteiger charge is 2.35. The standard InChI is InChI=1S/C17H27N3O2/c1-13-6-7-14(11-19-13)8-10-18-16(22)20-12-17(2)9-4-3-5-15(17)21/h6-7,11,15,21H,3-5,8-10,12H2,1-2H3,(H2,18,20,22).